The van der Waals surface area contributed by atoms with Crippen molar-refractivity contribution in [2.24, 2.45) is 0 Å². The number of aryl methyl sites for hydroxylation is 1. The van der Waals surface area contributed by atoms with Crippen LogP contribution in [-0.4, -0.2) is 25.1 Å². The number of hydrogen-bond acceptors (Lipinski definition) is 5. The molecular weight excluding hydrogens is 346 g/mol. The summed E-state index contributed by atoms with van der Waals surface area (Å²) in [4.78, 5) is 29.7. The van der Waals surface area contributed by atoms with Crippen LogP contribution in [-0.2, 0) is 17.8 Å². The van der Waals surface area contributed by atoms with Crippen molar-refractivity contribution in [2.45, 2.75) is 32.9 Å². The zero-order valence-electron chi connectivity index (χ0n) is 15.0. The molecule has 27 heavy (non-hydrogen) atoms. The van der Waals surface area contributed by atoms with E-state index in [4.69, 9.17) is 4.42 Å². The van der Waals surface area contributed by atoms with Gasteiger partial charge < -0.3 is 9.73 Å². The average molecular weight is 365 g/mol. The Hall–Kier alpha value is -3.42. The van der Waals surface area contributed by atoms with Crippen molar-refractivity contribution in [1.29, 1.82) is 0 Å². The minimum atomic E-state index is -0.752. The van der Waals surface area contributed by atoms with Crippen molar-refractivity contribution in [2.75, 3.05) is 0 Å². The summed E-state index contributed by atoms with van der Waals surface area (Å²) in [6, 6.07) is 8.23. The van der Waals surface area contributed by atoms with E-state index in [1.54, 1.807) is 35.9 Å². The second-order valence-corrected chi connectivity index (χ2v) is 6.27. The van der Waals surface area contributed by atoms with Crippen LogP contribution in [0.4, 0.5) is 0 Å². The largest absolute Gasteiger partial charge is 0.463 e. The molecule has 0 aromatic carbocycles. The number of carbonyl (C=O) groups is 1. The molecule has 1 amide bonds. The van der Waals surface area contributed by atoms with Gasteiger partial charge in [-0.2, -0.15) is 5.10 Å². The molecule has 8 heteroatoms. The van der Waals surface area contributed by atoms with Crippen LogP contribution in [0.15, 0.2) is 52.0 Å². The quantitative estimate of drug-likeness (QED) is 0.584. The van der Waals surface area contributed by atoms with Gasteiger partial charge >= 0.3 is 0 Å². The molecule has 4 aromatic heterocycles. The minimum Gasteiger partial charge on any atom is -0.463 e. The zero-order valence-corrected chi connectivity index (χ0v) is 15.0. The number of carbonyl (C=O) groups excluding carboxylic acids is 1. The third-order valence-corrected chi connectivity index (χ3v) is 4.56. The van der Waals surface area contributed by atoms with Gasteiger partial charge in [-0.05, 0) is 19.1 Å². The molecule has 0 aliphatic rings. The Labute approximate surface area is 154 Å². The third kappa shape index (κ3) is 2.88. The molecule has 0 bridgehead atoms. The summed E-state index contributed by atoms with van der Waals surface area (Å²) >= 11 is 0. The monoisotopic (exact) mass is 365 g/mol. The summed E-state index contributed by atoms with van der Waals surface area (Å²) in [6.07, 6.45) is 3.85. The van der Waals surface area contributed by atoms with Gasteiger partial charge in [0.05, 0.1) is 24.0 Å². The van der Waals surface area contributed by atoms with E-state index in [9.17, 15) is 9.59 Å². The molecule has 0 aliphatic carbocycles. The number of nitrogens with one attached hydrogen (secondary N) is 1. The highest BCUT2D eigenvalue weighted by Crippen LogP contribution is 2.21. The van der Waals surface area contributed by atoms with Crippen LogP contribution in [0, 0.1) is 0 Å². The molecular formula is C19H19N5O3. The fourth-order valence-electron chi connectivity index (χ4n) is 3.12. The van der Waals surface area contributed by atoms with Gasteiger partial charge in [-0.1, -0.05) is 13.0 Å². The van der Waals surface area contributed by atoms with E-state index in [1.807, 2.05) is 25.1 Å². The molecule has 0 saturated carbocycles. The van der Waals surface area contributed by atoms with Crippen LogP contribution < -0.4 is 10.9 Å². The first-order valence-corrected chi connectivity index (χ1v) is 8.78. The Bertz CT molecular complexity index is 1170. The van der Waals surface area contributed by atoms with E-state index in [-0.39, 0.29) is 11.5 Å². The predicted molar refractivity (Wildman–Crippen MR) is 99.4 cm³/mol. The number of nitrogens with zero attached hydrogens (tertiary/aromatic N) is 4. The van der Waals surface area contributed by atoms with Crippen LogP contribution in [0.25, 0.3) is 16.6 Å². The first kappa shape index (κ1) is 17.0. The Morgan fingerprint density at radius 3 is 2.89 bits per heavy atom. The number of hydrogen-bond donors (Lipinski definition) is 1. The molecule has 0 radical (unpaired) electrons. The number of pyridine rings is 1. The molecule has 1 unspecified atom stereocenters. The van der Waals surface area contributed by atoms with Crippen molar-refractivity contribution < 1.29 is 9.21 Å². The van der Waals surface area contributed by atoms with Crippen molar-refractivity contribution in [3.05, 3.63) is 64.7 Å². The van der Waals surface area contributed by atoms with E-state index in [1.165, 1.54) is 4.68 Å². The topological polar surface area (TPSA) is 94.4 Å². The third-order valence-electron chi connectivity index (χ3n) is 4.56. The van der Waals surface area contributed by atoms with Gasteiger partial charge in [-0.25, -0.2) is 4.68 Å². The lowest BCUT2D eigenvalue weighted by atomic mass is 10.3. The fourth-order valence-corrected chi connectivity index (χ4v) is 3.12. The van der Waals surface area contributed by atoms with Crippen LogP contribution in [0.3, 0.4) is 0 Å². The van der Waals surface area contributed by atoms with E-state index < -0.39 is 6.04 Å². The van der Waals surface area contributed by atoms with Crippen LogP contribution in [0.2, 0.25) is 0 Å². The Balaban J connectivity index is 1.69. The van der Waals surface area contributed by atoms with Crippen LogP contribution in [0.1, 0.15) is 31.4 Å². The number of fused-ring (bicyclic) bond motifs is 3. The Morgan fingerprint density at radius 2 is 2.15 bits per heavy atom. The molecule has 4 heterocycles. The van der Waals surface area contributed by atoms with E-state index >= 15 is 0 Å². The molecule has 1 N–H and O–H groups in total. The van der Waals surface area contributed by atoms with Gasteiger partial charge in [0, 0.05) is 24.8 Å². The van der Waals surface area contributed by atoms with Crippen LogP contribution >= 0.6 is 0 Å². The Kier molecular flexibility index (Phi) is 4.23. The van der Waals surface area contributed by atoms with Crippen molar-refractivity contribution >= 4 is 22.5 Å². The smallest absolute Gasteiger partial charge is 0.291 e. The summed E-state index contributed by atoms with van der Waals surface area (Å²) in [7, 11) is 0. The van der Waals surface area contributed by atoms with Gasteiger partial charge in [0.25, 0.3) is 5.56 Å². The van der Waals surface area contributed by atoms with Gasteiger partial charge in [-0.15, -0.1) is 0 Å². The molecule has 4 aromatic rings. The van der Waals surface area contributed by atoms with E-state index in [0.29, 0.717) is 29.9 Å². The SMILES string of the molecule is CCc1nn(C(C)C(=O)NCc2ccccn2)c(=O)c2cc3occc3n12. The second kappa shape index (κ2) is 6.71. The molecule has 138 valence electrons. The van der Waals surface area contributed by atoms with Gasteiger partial charge in [0.15, 0.2) is 5.58 Å². The zero-order chi connectivity index (χ0) is 19.0. The number of furan rings is 1. The van der Waals surface area contributed by atoms with E-state index in [0.717, 1.165) is 11.2 Å². The summed E-state index contributed by atoms with van der Waals surface area (Å²) in [5.74, 6) is 0.391. The van der Waals surface area contributed by atoms with Crippen LogP contribution in [0.5, 0.6) is 0 Å². The first-order chi connectivity index (χ1) is 13.1. The molecule has 0 spiro atoms. The summed E-state index contributed by atoms with van der Waals surface area (Å²) in [5.41, 5.74) is 2.27. The average Bonchev–Trinajstić information content (AvgIpc) is 3.29. The second-order valence-electron chi connectivity index (χ2n) is 6.27. The first-order valence-electron chi connectivity index (χ1n) is 8.78. The molecule has 4 rings (SSSR count). The van der Waals surface area contributed by atoms with Gasteiger partial charge in [0.1, 0.15) is 17.4 Å². The standard InChI is InChI=1S/C19H19N5O3/c1-3-17-22-24(12(2)18(25)21-11-13-6-4-5-8-20-13)19(26)15-10-16-14(23(15)17)7-9-27-16/h4-10,12H,3,11H2,1-2H3,(H,21,25). The minimum absolute atomic E-state index is 0.291. The highest BCUT2D eigenvalue weighted by atomic mass is 16.3. The maximum Gasteiger partial charge on any atom is 0.291 e. The highest BCUT2D eigenvalue weighted by Gasteiger charge is 2.22. The van der Waals surface area contributed by atoms with Crippen molar-refractivity contribution in [3.63, 3.8) is 0 Å². The molecule has 8 nitrogen and oxygen atoms in total. The molecule has 1 atom stereocenters. The van der Waals surface area contributed by atoms with Crippen molar-refractivity contribution in [1.82, 2.24) is 24.5 Å². The lowest BCUT2D eigenvalue weighted by Crippen LogP contribution is -2.38. The summed E-state index contributed by atoms with van der Waals surface area (Å²) in [5, 5.41) is 7.25. The number of aromatic nitrogens is 4. The van der Waals surface area contributed by atoms with E-state index in [2.05, 4.69) is 15.4 Å². The molecule has 0 fully saturated rings. The normalized spacial score (nSPS) is 12.5. The van der Waals surface area contributed by atoms with Gasteiger partial charge in [-0.3, -0.25) is 19.0 Å². The highest BCUT2D eigenvalue weighted by molar-refractivity contribution is 5.83. The number of amides is 1. The maximum atomic E-state index is 12.9. The summed E-state index contributed by atoms with van der Waals surface area (Å²) in [6.45, 7) is 3.90. The lowest BCUT2D eigenvalue weighted by Gasteiger charge is -2.16. The lowest BCUT2D eigenvalue weighted by molar-refractivity contribution is -0.124. The van der Waals surface area contributed by atoms with Crippen molar-refractivity contribution in [3.8, 4) is 0 Å². The number of rotatable bonds is 5. The Morgan fingerprint density at radius 1 is 1.30 bits per heavy atom. The molecule has 0 saturated heterocycles. The van der Waals surface area contributed by atoms with Gasteiger partial charge in [0.2, 0.25) is 5.91 Å². The predicted octanol–water partition coefficient (Wildman–Crippen LogP) is 2.08. The molecule has 0 aliphatic heterocycles. The summed E-state index contributed by atoms with van der Waals surface area (Å²) < 4.78 is 8.43. The fraction of sp³-hybridized carbons (Fsp3) is 0.263. The maximum absolute atomic E-state index is 12.9.